The summed E-state index contributed by atoms with van der Waals surface area (Å²) in [6.07, 6.45) is 3.43. The molecule has 0 bridgehead atoms. The van der Waals surface area contributed by atoms with Crippen LogP contribution in [0.15, 0.2) is 30.3 Å². The van der Waals surface area contributed by atoms with Crippen LogP contribution in [0, 0.1) is 5.92 Å². The maximum Gasteiger partial charge on any atom is 0.225 e. The average molecular weight is 376 g/mol. The molecule has 2 rings (SSSR count). The Morgan fingerprint density at radius 1 is 1.19 bits per heavy atom. The predicted molar refractivity (Wildman–Crippen MR) is 106 cm³/mol. The average Bonchev–Trinajstić information content (AvgIpc) is 2.72. The van der Waals surface area contributed by atoms with Crippen molar-refractivity contribution >= 4 is 11.8 Å². The summed E-state index contributed by atoms with van der Waals surface area (Å²) >= 11 is 0. The van der Waals surface area contributed by atoms with E-state index in [1.807, 2.05) is 49.1 Å². The summed E-state index contributed by atoms with van der Waals surface area (Å²) in [4.78, 5) is 26.6. The molecule has 0 saturated carbocycles. The summed E-state index contributed by atoms with van der Waals surface area (Å²) in [6, 6.07) is 9.49. The Kier molecular flexibility index (Phi) is 8.10. The quantitative estimate of drug-likeness (QED) is 0.694. The molecule has 1 saturated heterocycles. The molecule has 150 valence electrons. The van der Waals surface area contributed by atoms with Gasteiger partial charge >= 0.3 is 0 Å². The lowest BCUT2D eigenvalue weighted by Gasteiger charge is -2.33. The van der Waals surface area contributed by atoms with E-state index in [0.29, 0.717) is 45.5 Å². The van der Waals surface area contributed by atoms with Crippen LogP contribution in [-0.4, -0.2) is 48.5 Å². The molecule has 1 fully saturated rings. The Hall–Kier alpha value is -2.08. The first-order valence-electron chi connectivity index (χ1n) is 9.99. The number of nitrogens with zero attached hydrogens (tertiary/aromatic N) is 1. The molecule has 0 aromatic heterocycles. The van der Waals surface area contributed by atoms with Gasteiger partial charge in [0, 0.05) is 31.1 Å². The molecular weight excluding hydrogens is 342 g/mol. The summed E-state index contributed by atoms with van der Waals surface area (Å²) in [5.74, 6) is 0.886. The third-order valence-corrected chi connectivity index (χ3v) is 5.57. The van der Waals surface area contributed by atoms with Crippen LogP contribution < -0.4 is 15.8 Å². The van der Waals surface area contributed by atoms with E-state index in [1.165, 1.54) is 0 Å². The van der Waals surface area contributed by atoms with Crippen LogP contribution in [0.3, 0.4) is 0 Å². The van der Waals surface area contributed by atoms with Gasteiger partial charge in [-0.3, -0.25) is 9.59 Å². The van der Waals surface area contributed by atoms with Gasteiger partial charge in [0.2, 0.25) is 11.8 Å². The van der Waals surface area contributed by atoms with Gasteiger partial charge in [-0.25, -0.2) is 0 Å². The molecule has 2 amide bonds. The number of rotatable bonds is 9. The summed E-state index contributed by atoms with van der Waals surface area (Å²) in [5.41, 5.74) is 5.92. The molecule has 0 aliphatic carbocycles. The van der Waals surface area contributed by atoms with E-state index in [4.69, 9.17) is 10.5 Å². The zero-order chi connectivity index (χ0) is 19.7. The Balaban J connectivity index is 1.68. The number of piperidine rings is 1. The highest BCUT2D eigenvalue weighted by atomic mass is 16.5. The van der Waals surface area contributed by atoms with Gasteiger partial charge in [-0.05, 0) is 37.8 Å². The molecule has 0 atom stereocenters. The highest BCUT2D eigenvalue weighted by Crippen LogP contribution is 2.19. The van der Waals surface area contributed by atoms with E-state index in [2.05, 4.69) is 5.32 Å². The molecule has 1 aliphatic heterocycles. The Labute approximate surface area is 162 Å². The topological polar surface area (TPSA) is 84.7 Å². The lowest BCUT2D eigenvalue weighted by molar-refractivity contribution is -0.136. The molecular formula is C21H33N3O3. The normalized spacial score (nSPS) is 15.4. The van der Waals surface area contributed by atoms with Gasteiger partial charge in [0.1, 0.15) is 5.75 Å². The minimum atomic E-state index is -0.328. The van der Waals surface area contributed by atoms with Crippen molar-refractivity contribution in [3.8, 4) is 5.75 Å². The first kappa shape index (κ1) is 21.2. The number of carbonyl (C=O) groups is 2. The van der Waals surface area contributed by atoms with Crippen molar-refractivity contribution in [1.29, 1.82) is 0 Å². The number of hydrogen-bond acceptors (Lipinski definition) is 4. The Morgan fingerprint density at radius 2 is 1.81 bits per heavy atom. The second kappa shape index (κ2) is 10.3. The molecule has 1 aliphatic rings. The Morgan fingerprint density at radius 3 is 2.41 bits per heavy atom. The van der Waals surface area contributed by atoms with Crippen LogP contribution >= 0.6 is 0 Å². The van der Waals surface area contributed by atoms with E-state index < -0.39 is 0 Å². The van der Waals surface area contributed by atoms with Gasteiger partial charge in [0.05, 0.1) is 13.0 Å². The van der Waals surface area contributed by atoms with Crippen molar-refractivity contribution in [3.63, 3.8) is 0 Å². The number of para-hydroxylation sites is 1. The van der Waals surface area contributed by atoms with E-state index in [0.717, 1.165) is 18.6 Å². The Bertz CT molecular complexity index is 594. The fourth-order valence-electron chi connectivity index (χ4n) is 3.23. The number of hydrogen-bond donors (Lipinski definition) is 2. The molecule has 1 aromatic rings. The van der Waals surface area contributed by atoms with E-state index in [9.17, 15) is 9.59 Å². The second-order valence-corrected chi connectivity index (χ2v) is 7.35. The molecule has 6 nitrogen and oxygen atoms in total. The minimum absolute atomic E-state index is 0.0346. The van der Waals surface area contributed by atoms with Gasteiger partial charge < -0.3 is 20.7 Å². The monoisotopic (exact) mass is 375 g/mol. The molecule has 6 heteroatoms. The van der Waals surface area contributed by atoms with E-state index in [-0.39, 0.29) is 23.3 Å². The zero-order valence-electron chi connectivity index (χ0n) is 16.6. The van der Waals surface area contributed by atoms with Gasteiger partial charge in [0.25, 0.3) is 0 Å². The van der Waals surface area contributed by atoms with Crippen LogP contribution in [0.4, 0.5) is 0 Å². The maximum atomic E-state index is 12.4. The number of ether oxygens (including phenoxy) is 1. The van der Waals surface area contributed by atoms with Crippen molar-refractivity contribution < 1.29 is 14.3 Å². The number of likely N-dealkylation sites (tertiary alicyclic amines) is 1. The fraction of sp³-hybridized carbons (Fsp3) is 0.619. The lowest BCUT2D eigenvalue weighted by atomic mass is 9.92. The molecule has 3 N–H and O–H groups in total. The number of carbonyl (C=O) groups excluding carboxylic acids is 2. The number of benzene rings is 1. The van der Waals surface area contributed by atoms with Gasteiger partial charge in [-0.2, -0.15) is 0 Å². The highest BCUT2D eigenvalue weighted by Gasteiger charge is 2.28. The van der Waals surface area contributed by atoms with Crippen molar-refractivity contribution in [2.45, 2.75) is 51.5 Å². The van der Waals surface area contributed by atoms with Crippen LogP contribution in [0.25, 0.3) is 0 Å². The van der Waals surface area contributed by atoms with Crippen molar-refractivity contribution in [1.82, 2.24) is 10.2 Å². The first-order chi connectivity index (χ1) is 13.0. The van der Waals surface area contributed by atoms with Gasteiger partial charge in [-0.15, -0.1) is 0 Å². The van der Waals surface area contributed by atoms with Gasteiger partial charge in [0.15, 0.2) is 0 Å². The van der Waals surface area contributed by atoms with E-state index in [1.54, 1.807) is 0 Å². The van der Waals surface area contributed by atoms with E-state index >= 15 is 0 Å². The number of amides is 2. The van der Waals surface area contributed by atoms with Crippen molar-refractivity contribution in [3.05, 3.63) is 30.3 Å². The summed E-state index contributed by atoms with van der Waals surface area (Å²) in [7, 11) is 0. The van der Waals surface area contributed by atoms with Crippen molar-refractivity contribution in [2.75, 3.05) is 26.2 Å². The molecule has 0 unspecified atom stereocenters. The highest BCUT2D eigenvalue weighted by molar-refractivity contribution is 5.80. The first-order valence-corrected chi connectivity index (χ1v) is 9.99. The maximum absolute atomic E-state index is 12.4. The molecule has 1 heterocycles. The molecule has 0 radical (unpaired) electrons. The van der Waals surface area contributed by atoms with Crippen LogP contribution in [0.5, 0.6) is 5.75 Å². The number of nitrogens with two attached hydrogens (primary N) is 1. The standard InChI is InChI=1S/C21H33N3O3/c1-3-21(22,4-2)16-23-20(26)17-10-13-24(14-11-17)19(25)12-15-27-18-8-6-5-7-9-18/h5-9,17H,3-4,10-16,22H2,1-2H3,(H,23,26). The van der Waals surface area contributed by atoms with Crippen molar-refractivity contribution in [2.24, 2.45) is 11.7 Å². The minimum Gasteiger partial charge on any atom is -0.493 e. The van der Waals surface area contributed by atoms with Gasteiger partial charge in [-0.1, -0.05) is 32.0 Å². The van der Waals surface area contributed by atoms with Crippen LogP contribution in [-0.2, 0) is 9.59 Å². The second-order valence-electron chi connectivity index (χ2n) is 7.35. The SMILES string of the molecule is CCC(N)(CC)CNC(=O)C1CCN(C(=O)CCOc2ccccc2)CC1. The zero-order valence-corrected chi connectivity index (χ0v) is 16.6. The lowest BCUT2D eigenvalue weighted by Crippen LogP contribution is -2.51. The van der Waals surface area contributed by atoms with Crippen LogP contribution in [0.2, 0.25) is 0 Å². The molecule has 0 spiro atoms. The summed E-state index contributed by atoms with van der Waals surface area (Å²) in [6.45, 7) is 6.21. The summed E-state index contributed by atoms with van der Waals surface area (Å²) < 4.78 is 5.59. The summed E-state index contributed by atoms with van der Waals surface area (Å²) in [5, 5.41) is 3.00. The molecule has 27 heavy (non-hydrogen) atoms. The predicted octanol–water partition coefficient (Wildman–Crippen LogP) is 2.33. The third kappa shape index (κ3) is 6.54. The largest absolute Gasteiger partial charge is 0.493 e. The number of nitrogens with one attached hydrogen (secondary N) is 1. The molecule has 1 aromatic carbocycles. The fourth-order valence-corrected chi connectivity index (χ4v) is 3.23. The smallest absolute Gasteiger partial charge is 0.225 e. The van der Waals surface area contributed by atoms with Crippen LogP contribution in [0.1, 0.15) is 46.0 Å². The third-order valence-electron chi connectivity index (χ3n) is 5.57.